The third-order valence-electron chi connectivity index (χ3n) is 4.36. The summed E-state index contributed by atoms with van der Waals surface area (Å²) in [6.45, 7) is 6.73. The van der Waals surface area contributed by atoms with E-state index in [0.29, 0.717) is 6.61 Å². The molecule has 0 aromatic heterocycles. The Hall–Kier alpha value is -2.78. The molecule has 0 saturated carbocycles. The third kappa shape index (κ3) is 5.35. The van der Waals surface area contributed by atoms with E-state index in [0.717, 1.165) is 27.6 Å². The maximum absolute atomic E-state index is 6.11. The molecule has 3 aromatic rings. The fraction of sp³-hybridized carbons (Fsp3) is 0.174. The number of anilines is 1. The molecule has 3 aromatic carbocycles. The van der Waals surface area contributed by atoms with Crippen molar-refractivity contribution in [1.29, 1.82) is 0 Å². The van der Waals surface area contributed by atoms with E-state index in [1.54, 1.807) is 6.21 Å². The minimum atomic E-state index is 0.566. The van der Waals surface area contributed by atoms with Gasteiger partial charge in [0.2, 0.25) is 0 Å². The van der Waals surface area contributed by atoms with Crippen LogP contribution < -0.4 is 10.2 Å². The van der Waals surface area contributed by atoms with E-state index in [1.165, 1.54) is 16.7 Å². The summed E-state index contributed by atoms with van der Waals surface area (Å²) in [6.07, 6.45) is 1.77. The van der Waals surface area contributed by atoms with E-state index in [-0.39, 0.29) is 0 Å². The Morgan fingerprint density at radius 1 is 0.926 bits per heavy atom. The molecule has 0 aliphatic rings. The Labute approximate surface area is 165 Å². The number of nitrogens with zero attached hydrogens (tertiary/aromatic N) is 1. The van der Waals surface area contributed by atoms with Gasteiger partial charge in [0, 0.05) is 5.02 Å². The molecular weight excluding hydrogens is 356 g/mol. The summed E-state index contributed by atoms with van der Waals surface area (Å²) in [7, 11) is 0. The smallest absolute Gasteiger partial charge is 0.119 e. The van der Waals surface area contributed by atoms with Crippen LogP contribution in [0, 0.1) is 20.8 Å². The molecule has 0 unspecified atom stereocenters. The molecule has 0 aliphatic heterocycles. The molecule has 0 fully saturated rings. The normalized spacial score (nSPS) is 11.0. The summed E-state index contributed by atoms with van der Waals surface area (Å²) in [5, 5.41) is 4.98. The van der Waals surface area contributed by atoms with Crippen LogP contribution in [0.25, 0.3) is 0 Å². The minimum absolute atomic E-state index is 0.566. The van der Waals surface area contributed by atoms with Crippen LogP contribution in [0.1, 0.15) is 27.8 Å². The van der Waals surface area contributed by atoms with Crippen molar-refractivity contribution in [3.8, 4) is 5.75 Å². The van der Waals surface area contributed by atoms with Crippen molar-refractivity contribution in [2.45, 2.75) is 27.4 Å². The number of hydrogen-bond acceptors (Lipinski definition) is 3. The fourth-order valence-corrected chi connectivity index (χ4v) is 2.79. The zero-order valence-electron chi connectivity index (χ0n) is 15.8. The number of rotatable bonds is 6. The lowest BCUT2D eigenvalue weighted by Gasteiger charge is -2.10. The summed E-state index contributed by atoms with van der Waals surface area (Å²) in [4.78, 5) is 0. The van der Waals surface area contributed by atoms with Crippen molar-refractivity contribution in [3.05, 3.63) is 93.5 Å². The standard InChI is InChI=1S/C23H23ClN2O/c1-16-4-5-17(2)20(12-16)15-27-22-10-7-19(8-11-22)14-25-26-21-9-6-18(3)23(24)13-21/h4-14,26H,15H2,1-3H3. The molecule has 0 bridgehead atoms. The van der Waals surface area contributed by atoms with Crippen LogP contribution >= 0.6 is 11.6 Å². The molecule has 0 atom stereocenters. The fourth-order valence-electron chi connectivity index (χ4n) is 2.61. The first-order chi connectivity index (χ1) is 13.0. The van der Waals surface area contributed by atoms with E-state index < -0.39 is 0 Å². The lowest BCUT2D eigenvalue weighted by molar-refractivity contribution is 0.305. The highest BCUT2D eigenvalue weighted by molar-refractivity contribution is 6.31. The first-order valence-electron chi connectivity index (χ1n) is 8.85. The van der Waals surface area contributed by atoms with E-state index in [2.05, 4.69) is 42.6 Å². The number of halogens is 1. The highest BCUT2D eigenvalue weighted by atomic mass is 35.5. The second kappa shape index (κ2) is 8.74. The molecule has 27 heavy (non-hydrogen) atoms. The predicted molar refractivity (Wildman–Crippen MR) is 114 cm³/mol. The second-order valence-corrected chi connectivity index (χ2v) is 7.03. The van der Waals surface area contributed by atoms with E-state index in [1.807, 2.05) is 49.4 Å². The molecule has 0 saturated heterocycles. The summed E-state index contributed by atoms with van der Waals surface area (Å²) >= 11 is 6.11. The van der Waals surface area contributed by atoms with Crippen LogP contribution in [-0.4, -0.2) is 6.21 Å². The molecule has 3 rings (SSSR count). The van der Waals surface area contributed by atoms with Crippen LogP contribution in [0.3, 0.4) is 0 Å². The van der Waals surface area contributed by atoms with Gasteiger partial charge < -0.3 is 4.74 Å². The molecule has 0 spiro atoms. The van der Waals surface area contributed by atoms with Gasteiger partial charge in [-0.2, -0.15) is 5.10 Å². The van der Waals surface area contributed by atoms with Crippen molar-refractivity contribution >= 4 is 23.5 Å². The first kappa shape index (κ1) is 19.0. The van der Waals surface area contributed by atoms with Crippen LogP contribution in [0.4, 0.5) is 5.69 Å². The van der Waals surface area contributed by atoms with Gasteiger partial charge in [0.1, 0.15) is 12.4 Å². The number of nitrogens with one attached hydrogen (secondary N) is 1. The topological polar surface area (TPSA) is 33.6 Å². The molecule has 0 amide bonds. The van der Waals surface area contributed by atoms with Crippen LogP contribution in [-0.2, 0) is 6.61 Å². The molecule has 1 N–H and O–H groups in total. The van der Waals surface area contributed by atoms with Gasteiger partial charge in [-0.3, -0.25) is 5.43 Å². The second-order valence-electron chi connectivity index (χ2n) is 6.62. The van der Waals surface area contributed by atoms with Gasteiger partial charge in [-0.25, -0.2) is 0 Å². The highest BCUT2D eigenvalue weighted by Gasteiger charge is 2.01. The molecule has 4 heteroatoms. The number of benzene rings is 3. The third-order valence-corrected chi connectivity index (χ3v) is 4.77. The molecule has 138 valence electrons. The van der Waals surface area contributed by atoms with Crippen LogP contribution in [0.2, 0.25) is 5.02 Å². The van der Waals surface area contributed by atoms with Gasteiger partial charge in [0.25, 0.3) is 0 Å². The summed E-state index contributed by atoms with van der Waals surface area (Å²) < 4.78 is 5.91. The Bertz CT molecular complexity index is 949. The molecule has 0 heterocycles. The molecule has 3 nitrogen and oxygen atoms in total. The Morgan fingerprint density at radius 2 is 1.67 bits per heavy atom. The van der Waals surface area contributed by atoms with Crippen molar-refractivity contribution in [1.82, 2.24) is 0 Å². The Morgan fingerprint density at radius 3 is 2.41 bits per heavy atom. The molecule has 0 aliphatic carbocycles. The zero-order chi connectivity index (χ0) is 19.2. The van der Waals surface area contributed by atoms with Gasteiger partial charge in [-0.1, -0.05) is 41.4 Å². The van der Waals surface area contributed by atoms with Gasteiger partial charge in [-0.05, 0) is 79.4 Å². The van der Waals surface area contributed by atoms with E-state index in [4.69, 9.17) is 16.3 Å². The van der Waals surface area contributed by atoms with Crippen LogP contribution in [0.5, 0.6) is 5.75 Å². The number of hydrogen-bond donors (Lipinski definition) is 1. The van der Waals surface area contributed by atoms with Crippen molar-refractivity contribution in [2.24, 2.45) is 5.10 Å². The molecular formula is C23H23ClN2O. The monoisotopic (exact) mass is 378 g/mol. The average Bonchev–Trinajstić information content (AvgIpc) is 2.66. The predicted octanol–water partition coefficient (Wildman–Crippen LogP) is 6.29. The Balaban J connectivity index is 1.56. The van der Waals surface area contributed by atoms with Gasteiger partial charge >= 0.3 is 0 Å². The zero-order valence-corrected chi connectivity index (χ0v) is 16.5. The molecule has 0 radical (unpaired) electrons. The first-order valence-corrected chi connectivity index (χ1v) is 9.23. The SMILES string of the molecule is Cc1ccc(C)c(COc2ccc(C=NNc3ccc(C)c(Cl)c3)cc2)c1. The summed E-state index contributed by atoms with van der Waals surface area (Å²) in [5.41, 5.74) is 9.57. The van der Waals surface area contributed by atoms with Crippen molar-refractivity contribution < 1.29 is 4.74 Å². The largest absolute Gasteiger partial charge is 0.489 e. The van der Waals surface area contributed by atoms with Gasteiger partial charge in [0.05, 0.1) is 11.9 Å². The summed E-state index contributed by atoms with van der Waals surface area (Å²) in [6, 6.07) is 20.0. The lowest BCUT2D eigenvalue weighted by atomic mass is 10.1. The van der Waals surface area contributed by atoms with E-state index in [9.17, 15) is 0 Å². The number of hydrazone groups is 1. The Kier molecular flexibility index (Phi) is 6.15. The average molecular weight is 379 g/mol. The minimum Gasteiger partial charge on any atom is -0.489 e. The quantitative estimate of drug-likeness (QED) is 0.404. The summed E-state index contributed by atoms with van der Waals surface area (Å²) in [5.74, 6) is 0.839. The number of ether oxygens (including phenoxy) is 1. The van der Waals surface area contributed by atoms with E-state index >= 15 is 0 Å². The van der Waals surface area contributed by atoms with Gasteiger partial charge in [0.15, 0.2) is 0 Å². The van der Waals surface area contributed by atoms with Gasteiger partial charge in [-0.15, -0.1) is 0 Å². The highest BCUT2D eigenvalue weighted by Crippen LogP contribution is 2.20. The number of aryl methyl sites for hydroxylation is 3. The van der Waals surface area contributed by atoms with Crippen LogP contribution in [0.15, 0.2) is 65.8 Å². The maximum atomic E-state index is 6.11. The van der Waals surface area contributed by atoms with Crippen molar-refractivity contribution in [3.63, 3.8) is 0 Å². The van der Waals surface area contributed by atoms with Crippen molar-refractivity contribution in [2.75, 3.05) is 5.43 Å². The lowest BCUT2D eigenvalue weighted by Crippen LogP contribution is -1.98. The maximum Gasteiger partial charge on any atom is 0.119 e.